The second-order valence-corrected chi connectivity index (χ2v) is 3.95. The Bertz CT molecular complexity index is 489. The number of rotatable bonds is 1. The minimum absolute atomic E-state index is 0.675. The Kier molecular flexibility index (Phi) is 2.74. The Morgan fingerprint density at radius 2 is 1.94 bits per heavy atom. The maximum Gasteiger partial charge on any atom is 0.0991 e. The minimum Gasteiger partial charge on any atom is -0.261 e. The predicted octanol–water partition coefficient (Wildman–Crippen LogP) is 2.70. The van der Waals surface area contributed by atoms with Crippen LogP contribution in [0.3, 0.4) is 0 Å². The molecule has 1 heterocycles. The van der Waals surface area contributed by atoms with Crippen molar-refractivity contribution in [2.75, 3.05) is 11.6 Å². The fourth-order valence-electron chi connectivity index (χ4n) is 1.75. The Balaban J connectivity index is 2.26. The van der Waals surface area contributed by atoms with Gasteiger partial charge in [0, 0.05) is 0 Å². The number of hydrazone groups is 1. The van der Waals surface area contributed by atoms with Crippen molar-refractivity contribution >= 4 is 11.4 Å². The number of benzene rings is 1. The van der Waals surface area contributed by atoms with E-state index in [-0.39, 0.29) is 0 Å². The number of allylic oxidation sites excluding steroid dienone is 1. The summed E-state index contributed by atoms with van der Waals surface area (Å²) in [4.78, 5) is 0. The van der Waals surface area contributed by atoms with E-state index in [1.165, 1.54) is 5.57 Å². The lowest BCUT2D eigenvalue weighted by Gasteiger charge is -2.23. The molecule has 0 spiro atoms. The zero-order valence-corrected chi connectivity index (χ0v) is 9.44. The predicted molar refractivity (Wildman–Crippen MR) is 65.4 cm³/mol. The second kappa shape index (κ2) is 4.19. The summed E-state index contributed by atoms with van der Waals surface area (Å²) in [5.41, 5.74) is 3.99. The average molecular weight is 211 g/mol. The molecular weight excluding hydrogens is 198 g/mol. The van der Waals surface area contributed by atoms with Gasteiger partial charge in [-0.3, -0.25) is 5.01 Å². The summed E-state index contributed by atoms with van der Waals surface area (Å²) in [6.07, 6.45) is 2.08. The largest absolute Gasteiger partial charge is 0.261 e. The lowest BCUT2D eigenvalue weighted by Crippen LogP contribution is -2.23. The van der Waals surface area contributed by atoms with E-state index in [9.17, 15) is 0 Å². The molecule has 0 atom stereocenters. The Morgan fingerprint density at radius 1 is 1.25 bits per heavy atom. The summed E-state index contributed by atoms with van der Waals surface area (Å²) < 4.78 is 0. The van der Waals surface area contributed by atoms with Crippen LogP contribution in [0, 0.1) is 11.3 Å². The van der Waals surface area contributed by atoms with E-state index in [1.807, 2.05) is 36.2 Å². The van der Waals surface area contributed by atoms with Gasteiger partial charge in [-0.05, 0) is 44.2 Å². The van der Waals surface area contributed by atoms with Crippen LogP contribution in [0.1, 0.15) is 19.4 Å². The molecule has 3 nitrogen and oxygen atoms in total. The smallest absolute Gasteiger partial charge is 0.0991 e. The van der Waals surface area contributed by atoms with Gasteiger partial charge in [0.05, 0.1) is 29.6 Å². The van der Waals surface area contributed by atoms with Crippen LogP contribution in [0.15, 0.2) is 41.0 Å². The molecule has 0 saturated heterocycles. The molecule has 1 aliphatic rings. The molecule has 0 bridgehead atoms. The maximum absolute atomic E-state index is 8.72. The van der Waals surface area contributed by atoms with Gasteiger partial charge in [-0.15, -0.1) is 0 Å². The van der Waals surface area contributed by atoms with E-state index in [0.717, 1.165) is 17.9 Å². The van der Waals surface area contributed by atoms with Gasteiger partial charge in [0.2, 0.25) is 0 Å². The quantitative estimate of drug-likeness (QED) is 0.716. The van der Waals surface area contributed by atoms with Gasteiger partial charge in [-0.25, -0.2) is 0 Å². The van der Waals surface area contributed by atoms with E-state index in [2.05, 4.69) is 24.2 Å². The molecule has 0 radical (unpaired) electrons. The Hall–Kier alpha value is -2.08. The molecule has 1 aromatic rings. The lowest BCUT2D eigenvalue weighted by atomic mass is 10.2. The van der Waals surface area contributed by atoms with Gasteiger partial charge in [0.15, 0.2) is 0 Å². The molecule has 1 aliphatic heterocycles. The van der Waals surface area contributed by atoms with Gasteiger partial charge >= 0.3 is 0 Å². The summed E-state index contributed by atoms with van der Waals surface area (Å²) in [5, 5.41) is 15.1. The summed E-state index contributed by atoms with van der Waals surface area (Å²) in [6.45, 7) is 4.89. The van der Waals surface area contributed by atoms with Gasteiger partial charge in [0.25, 0.3) is 0 Å². The molecule has 2 rings (SSSR count). The highest BCUT2D eigenvalue weighted by molar-refractivity contribution is 5.95. The van der Waals surface area contributed by atoms with Crippen molar-refractivity contribution in [1.82, 2.24) is 0 Å². The molecule has 0 fully saturated rings. The summed E-state index contributed by atoms with van der Waals surface area (Å²) in [6, 6.07) is 9.58. The van der Waals surface area contributed by atoms with E-state index < -0.39 is 0 Å². The number of anilines is 1. The lowest BCUT2D eigenvalue weighted by molar-refractivity contribution is 0.892. The highest BCUT2D eigenvalue weighted by Crippen LogP contribution is 2.19. The monoisotopic (exact) mass is 211 g/mol. The van der Waals surface area contributed by atoms with Crippen LogP contribution >= 0.6 is 0 Å². The third kappa shape index (κ3) is 2.12. The molecule has 0 unspecified atom stereocenters. The normalized spacial score (nSPS) is 15.2. The summed E-state index contributed by atoms with van der Waals surface area (Å²) in [7, 11) is 0. The first-order valence-electron chi connectivity index (χ1n) is 5.19. The van der Waals surface area contributed by atoms with Crippen LogP contribution in [0.25, 0.3) is 0 Å². The zero-order chi connectivity index (χ0) is 11.5. The van der Waals surface area contributed by atoms with Crippen molar-refractivity contribution in [2.24, 2.45) is 5.10 Å². The van der Waals surface area contributed by atoms with Crippen LogP contribution in [-0.2, 0) is 0 Å². The second-order valence-electron chi connectivity index (χ2n) is 3.95. The molecule has 0 saturated carbocycles. The molecule has 16 heavy (non-hydrogen) atoms. The van der Waals surface area contributed by atoms with Crippen molar-refractivity contribution in [2.45, 2.75) is 13.8 Å². The Morgan fingerprint density at radius 3 is 2.50 bits per heavy atom. The van der Waals surface area contributed by atoms with E-state index in [1.54, 1.807) is 0 Å². The molecule has 0 aromatic heterocycles. The molecule has 80 valence electrons. The van der Waals surface area contributed by atoms with E-state index >= 15 is 0 Å². The van der Waals surface area contributed by atoms with Crippen LogP contribution in [0.5, 0.6) is 0 Å². The number of nitriles is 1. The highest BCUT2D eigenvalue weighted by atomic mass is 15.5. The molecule has 3 heteroatoms. The standard InChI is InChI=1S/C13H13N3/c1-10-7-11(2)15-16(9-10)13-5-3-12(8-14)4-6-13/h3-7H,9H2,1-2H3. The fourth-order valence-corrected chi connectivity index (χ4v) is 1.75. The third-order valence-corrected chi connectivity index (χ3v) is 2.43. The van der Waals surface area contributed by atoms with Crippen molar-refractivity contribution in [3.8, 4) is 6.07 Å². The topological polar surface area (TPSA) is 39.4 Å². The first kappa shape index (κ1) is 10.4. The van der Waals surface area contributed by atoms with Crippen LogP contribution in [0.4, 0.5) is 5.69 Å². The van der Waals surface area contributed by atoms with Crippen molar-refractivity contribution in [1.29, 1.82) is 5.26 Å². The summed E-state index contributed by atoms with van der Waals surface area (Å²) in [5.74, 6) is 0. The summed E-state index contributed by atoms with van der Waals surface area (Å²) >= 11 is 0. The number of hydrogen-bond donors (Lipinski definition) is 0. The van der Waals surface area contributed by atoms with Gasteiger partial charge in [-0.1, -0.05) is 5.57 Å². The number of nitrogens with zero attached hydrogens (tertiary/aromatic N) is 3. The highest BCUT2D eigenvalue weighted by Gasteiger charge is 2.10. The molecule has 0 N–H and O–H groups in total. The van der Waals surface area contributed by atoms with Gasteiger partial charge < -0.3 is 0 Å². The van der Waals surface area contributed by atoms with Crippen molar-refractivity contribution in [3.63, 3.8) is 0 Å². The molecule has 0 aliphatic carbocycles. The maximum atomic E-state index is 8.72. The Labute approximate surface area is 95.3 Å². The first-order chi connectivity index (χ1) is 7.69. The fraction of sp³-hybridized carbons (Fsp3) is 0.231. The number of hydrogen-bond acceptors (Lipinski definition) is 3. The van der Waals surface area contributed by atoms with E-state index in [0.29, 0.717) is 5.56 Å². The van der Waals surface area contributed by atoms with Crippen molar-refractivity contribution in [3.05, 3.63) is 41.5 Å². The van der Waals surface area contributed by atoms with Crippen LogP contribution < -0.4 is 5.01 Å². The van der Waals surface area contributed by atoms with Crippen LogP contribution in [0.2, 0.25) is 0 Å². The minimum atomic E-state index is 0.675. The van der Waals surface area contributed by atoms with Crippen LogP contribution in [-0.4, -0.2) is 12.3 Å². The third-order valence-electron chi connectivity index (χ3n) is 2.43. The molecule has 0 amide bonds. The van der Waals surface area contributed by atoms with Gasteiger partial charge in [0.1, 0.15) is 0 Å². The first-order valence-corrected chi connectivity index (χ1v) is 5.19. The zero-order valence-electron chi connectivity index (χ0n) is 9.44. The SMILES string of the molecule is CC1=CC(C)=NN(c2ccc(C#N)cc2)C1. The van der Waals surface area contributed by atoms with E-state index in [4.69, 9.17) is 5.26 Å². The van der Waals surface area contributed by atoms with Gasteiger partial charge in [-0.2, -0.15) is 10.4 Å². The van der Waals surface area contributed by atoms with Crippen molar-refractivity contribution < 1.29 is 0 Å². The molecule has 1 aromatic carbocycles. The molecular formula is C13H13N3. The average Bonchev–Trinajstić information content (AvgIpc) is 2.28.